The number of aryl methyl sites for hydroxylation is 2. The fourth-order valence-corrected chi connectivity index (χ4v) is 3.86. The lowest BCUT2D eigenvalue weighted by atomic mass is 10.2. The molecule has 1 unspecified atom stereocenters. The van der Waals surface area contributed by atoms with Crippen molar-refractivity contribution >= 4 is 46.4 Å². The SMILES string of the molecule is Cc1nn(C(C)C(=O)Nc2c(C)nn(Cc3c(Cl)cccc3Cl)c2C)c(C)c1Cl. The number of nitrogens with zero attached hydrogens (tertiary/aromatic N) is 4. The summed E-state index contributed by atoms with van der Waals surface area (Å²) in [5.74, 6) is -0.200. The van der Waals surface area contributed by atoms with Crippen molar-refractivity contribution in [2.45, 2.75) is 47.2 Å². The summed E-state index contributed by atoms with van der Waals surface area (Å²) < 4.78 is 3.41. The van der Waals surface area contributed by atoms with Gasteiger partial charge in [0.2, 0.25) is 5.91 Å². The topological polar surface area (TPSA) is 64.7 Å². The third-order valence-electron chi connectivity index (χ3n) is 4.98. The van der Waals surface area contributed by atoms with Crippen LogP contribution in [0, 0.1) is 27.7 Å². The van der Waals surface area contributed by atoms with Gasteiger partial charge in [-0.05, 0) is 46.8 Å². The molecule has 1 amide bonds. The van der Waals surface area contributed by atoms with E-state index in [4.69, 9.17) is 34.8 Å². The molecule has 3 aromatic rings. The van der Waals surface area contributed by atoms with Crippen LogP contribution in [0.3, 0.4) is 0 Å². The highest BCUT2D eigenvalue weighted by atomic mass is 35.5. The number of carbonyl (C=O) groups is 1. The Hall–Kier alpha value is -2.02. The van der Waals surface area contributed by atoms with Gasteiger partial charge in [0.25, 0.3) is 0 Å². The maximum atomic E-state index is 12.9. The van der Waals surface area contributed by atoms with Gasteiger partial charge in [-0.25, -0.2) is 0 Å². The Labute approximate surface area is 184 Å². The maximum absolute atomic E-state index is 12.9. The second-order valence-electron chi connectivity index (χ2n) is 7.00. The van der Waals surface area contributed by atoms with Crippen LogP contribution in [-0.2, 0) is 11.3 Å². The summed E-state index contributed by atoms with van der Waals surface area (Å²) in [5.41, 5.74) is 4.41. The molecule has 0 aliphatic carbocycles. The summed E-state index contributed by atoms with van der Waals surface area (Å²) in [6.45, 7) is 9.58. The minimum Gasteiger partial charge on any atom is -0.321 e. The first-order valence-corrected chi connectivity index (χ1v) is 10.2. The second-order valence-corrected chi connectivity index (χ2v) is 8.19. The highest BCUT2D eigenvalue weighted by molar-refractivity contribution is 6.36. The normalized spacial score (nSPS) is 12.3. The summed E-state index contributed by atoms with van der Waals surface area (Å²) in [4.78, 5) is 12.9. The Morgan fingerprint density at radius 1 is 1.03 bits per heavy atom. The van der Waals surface area contributed by atoms with Crippen LogP contribution in [0.15, 0.2) is 18.2 Å². The van der Waals surface area contributed by atoms with Crippen LogP contribution in [0.2, 0.25) is 15.1 Å². The number of halogens is 3. The first kappa shape index (κ1) is 21.7. The smallest absolute Gasteiger partial charge is 0.249 e. The van der Waals surface area contributed by atoms with Gasteiger partial charge in [0, 0.05) is 15.6 Å². The summed E-state index contributed by atoms with van der Waals surface area (Å²) in [6, 6.07) is 4.85. The molecule has 6 nitrogen and oxygen atoms in total. The van der Waals surface area contributed by atoms with E-state index < -0.39 is 6.04 Å². The van der Waals surface area contributed by atoms with E-state index in [2.05, 4.69) is 15.5 Å². The second kappa shape index (κ2) is 8.38. The van der Waals surface area contributed by atoms with E-state index in [1.807, 2.05) is 27.7 Å². The molecule has 0 saturated heterocycles. The van der Waals surface area contributed by atoms with Crippen molar-refractivity contribution in [1.82, 2.24) is 19.6 Å². The molecule has 0 fully saturated rings. The molecule has 0 bridgehead atoms. The largest absolute Gasteiger partial charge is 0.321 e. The van der Waals surface area contributed by atoms with Crippen LogP contribution in [0.4, 0.5) is 5.69 Å². The van der Waals surface area contributed by atoms with Gasteiger partial charge in [0.1, 0.15) is 6.04 Å². The van der Waals surface area contributed by atoms with Crippen LogP contribution in [0.25, 0.3) is 0 Å². The lowest BCUT2D eigenvalue weighted by Gasteiger charge is -2.15. The molecule has 2 heterocycles. The molecule has 1 N–H and O–H groups in total. The number of benzene rings is 1. The third kappa shape index (κ3) is 4.15. The molecular formula is C20H22Cl3N5O. The molecule has 9 heteroatoms. The van der Waals surface area contributed by atoms with Crippen LogP contribution in [0.5, 0.6) is 0 Å². The fraction of sp³-hybridized carbons (Fsp3) is 0.350. The molecule has 3 rings (SSSR count). The molecule has 1 atom stereocenters. The zero-order valence-electron chi connectivity index (χ0n) is 16.8. The maximum Gasteiger partial charge on any atom is 0.249 e. The van der Waals surface area contributed by atoms with Gasteiger partial charge >= 0.3 is 0 Å². The van der Waals surface area contributed by atoms with Gasteiger partial charge in [0.05, 0.1) is 40.0 Å². The third-order valence-corrected chi connectivity index (χ3v) is 6.24. The van der Waals surface area contributed by atoms with Gasteiger partial charge in [0.15, 0.2) is 0 Å². The van der Waals surface area contributed by atoms with E-state index in [1.54, 1.807) is 34.5 Å². The molecule has 0 aliphatic heterocycles. The first-order valence-electron chi connectivity index (χ1n) is 9.10. The molecule has 0 radical (unpaired) electrons. The van der Waals surface area contributed by atoms with Crippen LogP contribution in [0.1, 0.15) is 41.3 Å². The summed E-state index contributed by atoms with van der Waals surface area (Å²) >= 11 is 18.8. The highest BCUT2D eigenvalue weighted by Gasteiger charge is 2.23. The predicted molar refractivity (Wildman–Crippen MR) is 117 cm³/mol. The average molecular weight is 455 g/mol. The Morgan fingerprint density at radius 2 is 1.66 bits per heavy atom. The average Bonchev–Trinajstić information content (AvgIpc) is 3.08. The number of aromatic nitrogens is 4. The molecular weight excluding hydrogens is 433 g/mol. The Morgan fingerprint density at radius 3 is 2.21 bits per heavy atom. The van der Waals surface area contributed by atoms with E-state index in [9.17, 15) is 4.79 Å². The molecule has 154 valence electrons. The number of hydrogen-bond donors (Lipinski definition) is 1. The Bertz CT molecular complexity index is 1070. The van der Waals surface area contributed by atoms with Crippen LogP contribution < -0.4 is 5.32 Å². The lowest BCUT2D eigenvalue weighted by Crippen LogP contribution is -2.25. The summed E-state index contributed by atoms with van der Waals surface area (Å²) in [5, 5.41) is 13.6. The van der Waals surface area contributed by atoms with Crippen molar-refractivity contribution in [2.75, 3.05) is 5.32 Å². The van der Waals surface area contributed by atoms with E-state index in [-0.39, 0.29) is 5.91 Å². The highest BCUT2D eigenvalue weighted by Crippen LogP contribution is 2.28. The fourth-order valence-electron chi connectivity index (χ4n) is 3.22. The number of rotatable bonds is 5. The number of amides is 1. The zero-order valence-corrected chi connectivity index (χ0v) is 19.1. The van der Waals surface area contributed by atoms with Crippen molar-refractivity contribution in [3.05, 3.63) is 61.6 Å². The van der Waals surface area contributed by atoms with Gasteiger partial charge in [-0.3, -0.25) is 14.2 Å². The van der Waals surface area contributed by atoms with Crippen molar-refractivity contribution in [1.29, 1.82) is 0 Å². The van der Waals surface area contributed by atoms with Crippen molar-refractivity contribution in [3.63, 3.8) is 0 Å². The molecule has 0 saturated carbocycles. The van der Waals surface area contributed by atoms with Crippen molar-refractivity contribution < 1.29 is 4.79 Å². The van der Waals surface area contributed by atoms with Gasteiger partial charge < -0.3 is 5.32 Å². The molecule has 0 aliphatic rings. The predicted octanol–water partition coefficient (Wildman–Crippen LogP) is 5.52. The van der Waals surface area contributed by atoms with E-state index in [0.29, 0.717) is 38.7 Å². The minimum atomic E-state index is -0.527. The molecule has 29 heavy (non-hydrogen) atoms. The van der Waals surface area contributed by atoms with Gasteiger partial charge in [-0.15, -0.1) is 0 Å². The molecule has 2 aromatic heterocycles. The van der Waals surface area contributed by atoms with E-state index in [0.717, 1.165) is 17.0 Å². The number of hydrogen-bond acceptors (Lipinski definition) is 3. The van der Waals surface area contributed by atoms with Crippen molar-refractivity contribution in [2.24, 2.45) is 0 Å². The number of anilines is 1. The summed E-state index contributed by atoms with van der Waals surface area (Å²) in [7, 11) is 0. The first-order chi connectivity index (χ1) is 13.6. The number of carbonyl (C=O) groups excluding carboxylic acids is 1. The van der Waals surface area contributed by atoms with Gasteiger partial charge in [-0.1, -0.05) is 40.9 Å². The standard InChI is InChI=1S/C20H22Cl3N5O/c1-10-18(23)12(3)28(26-10)14(5)20(29)24-19-11(2)25-27(13(19)4)9-15-16(21)7-6-8-17(15)22/h6-8,14H,9H2,1-5H3,(H,24,29). The Kier molecular flexibility index (Phi) is 6.27. The minimum absolute atomic E-state index is 0.200. The van der Waals surface area contributed by atoms with E-state index >= 15 is 0 Å². The van der Waals surface area contributed by atoms with Gasteiger partial charge in [-0.2, -0.15) is 10.2 Å². The summed E-state index contributed by atoms with van der Waals surface area (Å²) in [6.07, 6.45) is 0. The Balaban J connectivity index is 1.85. The van der Waals surface area contributed by atoms with Crippen LogP contribution >= 0.6 is 34.8 Å². The zero-order chi connectivity index (χ0) is 21.5. The van der Waals surface area contributed by atoms with E-state index in [1.165, 1.54) is 0 Å². The lowest BCUT2D eigenvalue weighted by molar-refractivity contribution is -0.119. The van der Waals surface area contributed by atoms with Crippen molar-refractivity contribution in [3.8, 4) is 0 Å². The molecule has 1 aromatic carbocycles. The number of nitrogens with one attached hydrogen (secondary N) is 1. The quantitative estimate of drug-likeness (QED) is 0.552. The molecule has 0 spiro atoms. The van der Waals surface area contributed by atoms with Crippen LogP contribution in [-0.4, -0.2) is 25.5 Å². The monoisotopic (exact) mass is 453 g/mol.